The minimum absolute atomic E-state index is 0.00346. The summed E-state index contributed by atoms with van der Waals surface area (Å²) >= 11 is 24.7. The molecule has 2 aromatic carbocycles. The SMILES string of the molecule is CCC(C(=O)NCC(C)C)N(Cc1ccc(Cl)cc1Cl)C(=O)CCCN(c1cc(Cl)ccc1Cl)S(C)(=O)=O. The maximum Gasteiger partial charge on any atom is 0.242 e. The molecule has 0 saturated carbocycles. The van der Waals surface area contributed by atoms with E-state index >= 15 is 0 Å². The molecule has 0 bridgehead atoms. The van der Waals surface area contributed by atoms with E-state index in [0.717, 1.165) is 10.6 Å². The van der Waals surface area contributed by atoms with Crippen molar-refractivity contribution in [1.82, 2.24) is 10.2 Å². The van der Waals surface area contributed by atoms with Gasteiger partial charge in [-0.2, -0.15) is 0 Å². The first-order chi connectivity index (χ1) is 17.7. The molecule has 0 aromatic heterocycles. The Balaban J connectivity index is 2.28. The minimum atomic E-state index is -3.71. The molecule has 1 N–H and O–H groups in total. The molecule has 2 rings (SSSR count). The summed E-state index contributed by atoms with van der Waals surface area (Å²) in [5.74, 6) is -0.331. The molecule has 12 heteroatoms. The van der Waals surface area contributed by atoms with Crippen LogP contribution in [0.2, 0.25) is 20.1 Å². The molecule has 210 valence electrons. The number of nitrogens with one attached hydrogen (secondary N) is 1. The number of carbonyl (C=O) groups is 2. The molecular formula is C26H33Cl4N3O4S. The normalized spacial score (nSPS) is 12.3. The molecule has 2 aromatic rings. The summed E-state index contributed by atoms with van der Waals surface area (Å²) < 4.78 is 26.2. The fourth-order valence-electron chi connectivity index (χ4n) is 3.83. The molecule has 2 amide bonds. The Morgan fingerprint density at radius 3 is 2.18 bits per heavy atom. The standard InChI is InChI=1S/C26H33Cl4N3O4S/c1-5-23(26(35)31-15-17(2)3)32(16-18-8-9-19(27)13-22(18)30)25(34)7-6-12-33(38(4,36)37)24-14-20(28)10-11-21(24)29/h8-11,13-14,17,23H,5-7,12,15-16H2,1-4H3,(H,31,35). The number of hydrogen-bond acceptors (Lipinski definition) is 4. The fourth-order valence-corrected chi connectivity index (χ4v) is 5.71. The van der Waals surface area contributed by atoms with Crippen LogP contribution in [0.3, 0.4) is 0 Å². The maximum absolute atomic E-state index is 13.5. The van der Waals surface area contributed by atoms with Gasteiger partial charge < -0.3 is 10.2 Å². The first-order valence-corrected chi connectivity index (χ1v) is 15.5. The maximum atomic E-state index is 13.5. The molecular weight excluding hydrogens is 592 g/mol. The van der Waals surface area contributed by atoms with E-state index in [1.807, 2.05) is 20.8 Å². The number of sulfonamides is 1. The number of nitrogens with zero attached hydrogens (tertiary/aromatic N) is 2. The molecule has 38 heavy (non-hydrogen) atoms. The zero-order valence-corrected chi connectivity index (χ0v) is 25.6. The smallest absolute Gasteiger partial charge is 0.242 e. The minimum Gasteiger partial charge on any atom is -0.354 e. The van der Waals surface area contributed by atoms with E-state index in [4.69, 9.17) is 46.4 Å². The predicted octanol–water partition coefficient (Wildman–Crippen LogP) is 6.43. The van der Waals surface area contributed by atoms with Crippen molar-refractivity contribution in [2.45, 2.75) is 52.6 Å². The highest BCUT2D eigenvalue weighted by Gasteiger charge is 2.29. The van der Waals surface area contributed by atoms with Crippen molar-refractivity contribution in [3.63, 3.8) is 0 Å². The average Bonchev–Trinajstić information content (AvgIpc) is 2.82. The van der Waals surface area contributed by atoms with Gasteiger partial charge in [-0.15, -0.1) is 0 Å². The summed E-state index contributed by atoms with van der Waals surface area (Å²) in [5.41, 5.74) is 0.876. The average molecular weight is 625 g/mol. The first-order valence-electron chi connectivity index (χ1n) is 12.2. The van der Waals surface area contributed by atoms with Crippen LogP contribution in [-0.2, 0) is 26.2 Å². The highest BCUT2D eigenvalue weighted by atomic mass is 35.5. The number of halogens is 4. The topological polar surface area (TPSA) is 86.8 Å². The monoisotopic (exact) mass is 623 g/mol. The summed E-state index contributed by atoms with van der Waals surface area (Å²) in [5, 5.41) is 4.29. The van der Waals surface area contributed by atoms with Crippen LogP contribution < -0.4 is 9.62 Å². The van der Waals surface area contributed by atoms with E-state index < -0.39 is 16.1 Å². The van der Waals surface area contributed by atoms with Crippen molar-refractivity contribution in [1.29, 1.82) is 0 Å². The third-order valence-electron chi connectivity index (χ3n) is 5.76. The van der Waals surface area contributed by atoms with E-state index in [2.05, 4.69) is 5.32 Å². The molecule has 0 saturated heterocycles. The largest absolute Gasteiger partial charge is 0.354 e. The first kappa shape index (κ1) is 32.5. The van der Waals surface area contributed by atoms with Crippen LogP contribution in [-0.4, -0.2) is 50.5 Å². The molecule has 0 aliphatic heterocycles. The van der Waals surface area contributed by atoms with Crippen molar-refractivity contribution >= 4 is 73.9 Å². The Hall–Kier alpha value is -1.71. The van der Waals surface area contributed by atoms with Crippen LogP contribution in [0, 0.1) is 5.92 Å². The van der Waals surface area contributed by atoms with Gasteiger partial charge in [0.15, 0.2) is 0 Å². The van der Waals surface area contributed by atoms with Gasteiger partial charge in [-0.1, -0.05) is 73.2 Å². The van der Waals surface area contributed by atoms with Crippen molar-refractivity contribution in [3.8, 4) is 0 Å². The molecule has 0 heterocycles. The summed E-state index contributed by atoms with van der Waals surface area (Å²) in [7, 11) is -3.71. The number of anilines is 1. The second-order valence-electron chi connectivity index (χ2n) is 9.35. The van der Waals surface area contributed by atoms with E-state index in [-0.39, 0.29) is 54.4 Å². The zero-order valence-electron chi connectivity index (χ0n) is 21.8. The Morgan fingerprint density at radius 1 is 0.974 bits per heavy atom. The van der Waals surface area contributed by atoms with E-state index in [1.54, 1.807) is 24.3 Å². The third kappa shape index (κ3) is 9.49. The molecule has 1 unspecified atom stereocenters. The van der Waals surface area contributed by atoms with Crippen LogP contribution in [0.4, 0.5) is 5.69 Å². The molecule has 0 aliphatic rings. The third-order valence-corrected chi connectivity index (χ3v) is 8.08. The van der Waals surface area contributed by atoms with Crippen molar-refractivity contribution in [2.75, 3.05) is 23.7 Å². The molecule has 1 atom stereocenters. The highest BCUT2D eigenvalue weighted by molar-refractivity contribution is 7.92. The number of hydrogen-bond donors (Lipinski definition) is 1. The highest BCUT2D eigenvalue weighted by Crippen LogP contribution is 2.31. The van der Waals surface area contributed by atoms with Gasteiger partial charge in [0.25, 0.3) is 0 Å². The summed E-state index contributed by atoms with van der Waals surface area (Å²) in [6, 6.07) is 8.78. The Labute approximate surface area is 245 Å². The van der Waals surface area contributed by atoms with Crippen molar-refractivity contribution in [2.24, 2.45) is 5.92 Å². The number of carbonyl (C=O) groups excluding carboxylic acids is 2. The van der Waals surface area contributed by atoms with Crippen LogP contribution in [0.5, 0.6) is 0 Å². The lowest BCUT2D eigenvalue weighted by atomic mass is 10.1. The van der Waals surface area contributed by atoms with Gasteiger partial charge >= 0.3 is 0 Å². The number of rotatable bonds is 13. The van der Waals surface area contributed by atoms with Gasteiger partial charge in [0.1, 0.15) is 6.04 Å². The Morgan fingerprint density at radius 2 is 1.61 bits per heavy atom. The Kier molecular flexibility index (Phi) is 12.5. The van der Waals surface area contributed by atoms with Crippen LogP contribution in [0.25, 0.3) is 0 Å². The second-order valence-corrected chi connectivity index (χ2v) is 12.9. The molecule has 0 spiro atoms. The van der Waals surface area contributed by atoms with Gasteiger partial charge in [0.05, 0.1) is 17.0 Å². The van der Waals surface area contributed by atoms with Crippen LogP contribution in [0.15, 0.2) is 36.4 Å². The van der Waals surface area contributed by atoms with Crippen LogP contribution in [0.1, 0.15) is 45.6 Å². The van der Waals surface area contributed by atoms with Crippen molar-refractivity contribution in [3.05, 3.63) is 62.1 Å². The van der Waals surface area contributed by atoms with Gasteiger partial charge in [0.2, 0.25) is 21.8 Å². The number of benzene rings is 2. The molecule has 0 aliphatic carbocycles. The van der Waals surface area contributed by atoms with Gasteiger partial charge in [0, 0.05) is 41.1 Å². The second kappa shape index (κ2) is 14.6. The van der Waals surface area contributed by atoms with Gasteiger partial charge in [-0.05, 0) is 54.7 Å². The number of amides is 2. The van der Waals surface area contributed by atoms with E-state index in [0.29, 0.717) is 33.6 Å². The fraction of sp³-hybridized carbons (Fsp3) is 0.462. The quantitative estimate of drug-likeness (QED) is 0.278. The van der Waals surface area contributed by atoms with Crippen molar-refractivity contribution < 1.29 is 18.0 Å². The molecule has 0 radical (unpaired) electrons. The van der Waals surface area contributed by atoms with Gasteiger partial charge in [-0.3, -0.25) is 13.9 Å². The zero-order chi connectivity index (χ0) is 28.6. The molecule has 0 fully saturated rings. The summed E-state index contributed by atoms with van der Waals surface area (Å²) in [6.07, 6.45) is 1.62. The van der Waals surface area contributed by atoms with Gasteiger partial charge in [-0.25, -0.2) is 8.42 Å². The lowest BCUT2D eigenvalue weighted by Gasteiger charge is -2.31. The van der Waals surface area contributed by atoms with E-state index in [1.165, 1.54) is 17.0 Å². The summed E-state index contributed by atoms with van der Waals surface area (Å²) in [6.45, 7) is 6.36. The van der Waals surface area contributed by atoms with Crippen LogP contribution >= 0.6 is 46.4 Å². The summed E-state index contributed by atoms with van der Waals surface area (Å²) in [4.78, 5) is 28.1. The lowest BCUT2D eigenvalue weighted by Crippen LogP contribution is -2.49. The lowest BCUT2D eigenvalue weighted by molar-refractivity contribution is -0.141. The predicted molar refractivity (Wildman–Crippen MR) is 157 cm³/mol. The Bertz CT molecular complexity index is 1240. The van der Waals surface area contributed by atoms with E-state index in [9.17, 15) is 18.0 Å². The molecule has 7 nitrogen and oxygen atoms in total.